The molecule has 1 atom stereocenters. The van der Waals surface area contributed by atoms with Crippen molar-refractivity contribution in [2.24, 2.45) is 5.92 Å². The number of hydrogen-bond donors (Lipinski definition) is 1. The summed E-state index contributed by atoms with van der Waals surface area (Å²) in [7, 11) is 0. The summed E-state index contributed by atoms with van der Waals surface area (Å²) < 4.78 is 5.66. The first-order valence-electron chi connectivity index (χ1n) is 10.6. The topological polar surface area (TPSA) is 44.8 Å². The van der Waals surface area contributed by atoms with E-state index in [1.54, 1.807) is 0 Å². The van der Waals surface area contributed by atoms with E-state index in [1.807, 2.05) is 30.3 Å². The molecular weight excluding hydrogens is 338 g/mol. The summed E-state index contributed by atoms with van der Waals surface area (Å²) >= 11 is 0. The normalized spacial score (nSPS) is 22.7. The monoisotopic (exact) mass is 373 g/mol. The van der Waals surface area contributed by atoms with E-state index in [-0.39, 0.29) is 11.8 Å². The minimum absolute atomic E-state index is 0.124. The van der Waals surface area contributed by atoms with Gasteiger partial charge in [-0.05, 0) is 71.3 Å². The van der Waals surface area contributed by atoms with Crippen LogP contribution in [0.2, 0.25) is 0 Å². The van der Waals surface area contributed by atoms with Crippen LogP contribution in [0.5, 0.6) is 5.75 Å². The molecule has 2 aliphatic rings. The Hall–Kier alpha value is -1.59. The number of nitrogens with zero attached hydrogens (tertiary/aromatic N) is 2. The molecule has 2 heterocycles. The van der Waals surface area contributed by atoms with Gasteiger partial charge in [0.1, 0.15) is 12.4 Å². The average molecular weight is 374 g/mol. The van der Waals surface area contributed by atoms with Gasteiger partial charge in [0, 0.05) is 18.6 Å². The molecule has 1 aromatic rings. The summed E-state index contributed by atoms with van der Waals surface area (Å²) in [6, 6.07) is 11.0. The van der Waals surface area contributed by atoms with E-state index in [2.05, 4.69) is 29.0 Å². The molecule has 1 aromatic carbocycles. The van der Waals surface area contributed by atoms with Crippen LogP contribution < -0.4 is 10.1 Å². The molecule has 0 spiro atoms. The number of piperidine rings is 2. The predicted octanol–water partition coefficient (Wildman–Crippen LogP) is 2.77. The quantitative estimate of drug-likeness (QED) is 0.747. The van der Waals surface area contributed by atoms with E-state index in [9.17, 15) is 4.79 Å². The Kier molecular flexibility index (Phi) is 7.53. The Morgan fingerprint density at radius 2 is 1.89 bits per heavy atom. The number of carbonyl (C=O) groups excluding carboxylic acids is 1. The third-order valence-electron chi connectivity index (χ3n) is 5.98. The van der Waals surface area contributed by atoms with Crippen molar-refractivity contribution in [2.75, 3.05) is 39.3 Å². The number of carbonyl (C=O) groups is 1. The molecule has 3 rings (SSSR count). The molecule has 0 bridgehead atoms. The van der Waals surface area contributed by atoms with Gasteiger partial charge in [-0.1, -0.05) is 18.2 Å². The van der Waals surface area contributed by atoms with Gasteiger partial charge in [-0.3, -0.25) is 9.69 Å². The molecule has 0 radical (unpaired) electrons. The number of hydrogen-bond acceptors (Lipinski definition) is 4. The number of rotatable bonds is 7. The Labute approximate surface area is 164 Å². The molecule has 150 valence electrons. The number of benzene rings is 1. The lowest BCUT2D eigenvalue weighted by atomic mass is 9.93. The minimum Gasteiger partial charge on any atom is -0.492 e. The predicted molar refractivity (Wildman–Crippen MR) is 109 cm³/mol. The molecular formula is C22H35N3O2. The fourth-order valence-corrected chi connectivity index (χ4v) is 4.32. The Morgan fingerprint density at radius 1 is 1.15 bits per heavy atom. The van der Waals surface area contributed by atoms with Crippen LogP contribution in [0.1, 0.15) is 39.5 Å². The van der Waals surface area contributed by atoms with E-state index in [1.165, 1.54) is 25.9 Å². The van der Waals surface area contributed by atoms with E-state index >= 15 is 0 Å². The van der Waals surface area contributed by atoms with Gasteiger partial charge in [-0.15, -0.1) is 0 Å². The highest BCUT2D eigenvalue weighted by Gasteiger charge is 2.31. The van der Waals surface area contributed by atoms with Crippen molar-refractivity contribution in [3.63, 3.8) is 0 Å². The van der Waals surface area contributed by atoms with Gasteiger partial charge >= 0.3 is 0 Å². The first-order chi connectivity index (χ1) is 13.1. The molecule has 27 heavy (non-hydrogen) atoms. The minimum atomic E-state index is 0.124. The zero-order chi connectivity index (χ0) is 19.1. The summed E-state index contributed by atoms with van der Waals surface area (Å²) in [6.45, 7) is 10.1. The summed E-state index contributed by atoms with van der Waals surface area (Å²) in [6.07, 6.45) is 4.60. The van der Waals surface area contributed by atoms with Crippen LogP contribution in [0.25, 0.3) is 0 Å². The van der Waals surface area contributed by atoms with Gasteiger partial charge in [-0.2, -0.15) is 0 Å². The second-order valence-electron chi connectivity index (χ2n) is 8.15. The highest BCUT2D eigenvalue weighted by molar-refractivity contribution is 5.78. The fraction of sp³-hybridized carbons (Fsp3) is 0.682. The van der Waals surface area contributed by atoms with Crippen molar-refractivity contribution in [2.45, 2.75) is 51.6 Å². The van der Waals surface area contributed by atoms with Crippen LogP contribution in [-0.2, 0) is 4.79 Å². The molecule has 0 aromatic heterocycles. The van der Waals surface area contributed by atoms with Crippen molar-refractivity contribution in [3.05, 3.63) is 30.3 Å². The molecule has 5 heteroatoms. The van der Waals surface area contributed by atoms with Crippen molar-refractivity contribution in [1.29, 1.82) is 0 Å². The molecule has 2 saturated heterocycles. The molecule has 2 aliphatic heterocycles. The average Bonchev–Trinajstić information content (AvgIpc) is 2.72. The Bertz CT molecular complexity index is 570. The fourth-order valence-electron chi connectivity index (χ4n) is 4.32. The third kappa shape index (κ3) is 5.94. The lowest BCUT2D eigenvalue weighted by Crippen LogP contribution is -2.51. The van der Waals surface area contributed by atoms with E-state index in [0.29, 0.717) is 25.2 Å². The highest BCUT2D eigenvalue weighted by atomic mass is 16.5. The zero-order valence-corrected chi connectivity index (χ0v) is 16.9. The first kappa shape index (κ1) is 20.2. The van der Waals surface area contributed by atoms with Gasteiger partial charge in [0.25, 0.3) is 0 Å². The maximum Gasteiger partial charge on any atom is 0.224 e. The van der Waals surface area contributed by atoms with Crippen LogP contribution in [0.4, 0.5) is 0 Å². The largest absolute Gasteiger partial charge is 0.492 e. The Balaban J connectivity index is 1.38. The number of amides is 1. The number of para-hydroxylation sites is 1. The lowest BCUT2D eigenvalue weighted by molar-refractivity contribution is -0.127. The van der Waals surface area contributed by atoms with Crippen LogP contribution in [0.3, 0.4) is 0 Å². The SMILES string of the molecule is CC(C)N1CCC(N2CCCC(C(=O)NCCOc3ccccc3)C2)CC1. The van der Waals surface area contributed by atoms with Gasteiger partial charge in [0.2, 0.25) is 5.91 Å². The van der Waals surface area contributed by atoms with Crippen LogP contribution >= 0.6 is 0 Å². The third-order valence-corrected chi connectivity index (χ3v) is 5.98. The summed E-state index contributed by atoms with van der Waals surface area (Å²) in [5, 5.41) is 3.07. The maximum absolute atomic E-state index is 12.6. The number of nitrogens with one attached hydrogen (secondary N) is 1. The van der Waals surface area contributed by atoms with Gasteiger partial charge in [-0.25, -0.2) is 0 Å². The molecule has 2 fully saturated rings. The summed E-state index contributed by atoms with van der Waals surface area (Å²) in [5.41, 5.74) is 0. The zero-order valence-electron chi connectivity index (χ0n) is 16.9. The first-order valence-corrected chi connectivity index (χ1v) is 10.6. The van der Waals surface area contributed by atoms with E-state index < -0.39 is 0 Å². The van der Waals surface area contributed by atoms with Crippen LogP contribution in [0.15, 0.2) is 30.3 Å². The summed E-state index contributed by atoms with van der Waals surface area (Å²) in [5.74, 6) is 1.16. The van der Waals surface area contributed by atoms with E-state index in [4.69, 9.17) is 4.74 Å². The van der Waals surface area contributed by atoms with Gasteiger partial charge in [0.05, 0.1) is 12.5 Å². The van der Waals surface area contributed by atoms with Crippen LogP contribution in [-0.4, -0.2) is 67.1 Å². The highest BCUT2D eigenvalue weighted by Crippen LogP contribution is 2.24. The number of likely N-dealkylation sites (tertiary alicyclic amines) is 2. The van der Waals surface area contributed by atoms with Gasteiger partial charge < -0.3 is 15.0 Å². The van der Waals surface area contributed by atoms with E-state index in [0.717, 1.165) is 31.7 Å². The molecule has 0 saturated carbocycles. The standard InChI is InChI=1S/C22H35N3O2/c1-18(2)24-14-10-20(11-15-24)25-13-6-7-19(17-25)22(26)23-12-16-27-21-8-4-3-5-9-21/h3-5,8-9,18-20H,6-7,10-17H2,1-2H3,(H,23,26). The lowest BCUT2D eigenvalue weighted by Gasteiger charge is -2.43. The number of ether oxygens (including phenoxy) is 1. The summed E-state index contributed by atoms with van der Waals surface area (Å²) in [4.78, 5) is 17.7. The Morgan fingerprint density at radius 3 is 2.59 bits per heavy atom. The second kappa shape index (κ2) is 10.1. The molecule has 1 unspecified atom stereocenters. The molecule has 5 nitrogen and oxygen atoms in total. The molecule has 0 aliphatic carbocycles. The molecule has 1 N–H and O–H groups in total. The van der Waals surface area contributed by atoms with Crippen molar-refractivity contribution in [3.8, 4) is 5.75 Å². The van der Waals surface area contributed by atoms with Gasteiger partial charge in [0.15, 0.2) is 0 Å². The van der Waals surface area contributed by atoms with Crippen LogP contribution in [0, 0.1) is 5.92 Å². The van der Waals surface area contributed by atoms with Crippen molar-refractivity contribution >= 4 is 5.91 Å². The second-order valence-corrected chi connectivity index (χ2v) is 8.15. The smallest absolute Gasteiger partial charge is 0.224 e. The van der Waals surface area contributed by atoms with Crippen molar-refractivity contribution in [1.82, 2.24) is 15.1 Å². The maximum atomic E-state index is 12.6. The molecule has 1 amide bonds. The van der Waals surface area contributed by atoms with Crippen molar-refractivity contribution < 1.29 is 9.53 Å².